The highest BCUT2D eigenvalue weighted by Crippen LogP contribution is 2.64. The van der Waals surface area contributed by atoms with Crippen LogP contribution in [0.5, 0.6) is 0 Å². The number of hydrogen-bond acceptors (Lipinski definition) is 2. The van der Waals surface area contributed by atoms with Crippen molar-refractivity contribution in [3.8, 4) is 0 Å². The van der Waals surface area contributed by atoms with Crippen molar-refractivity contribution < 1.29 is 83.1 Å². The van der Waals surface area contributed by atoms with Gasteiger partial charge in [0.1, 0.15) is 0 Å². The van der Waals surface area contributed by atoms with Crippen molar-refractivity contribution in [2.45, 2.75) is 47.0 Å². The maximum Gasteiger partial charge on any atom is 0.460 e. The second-order valence-corrected chi connectivity index (χ2v) is 6.61. The first-order valence-electron chi connectivity index (χ1n) is 5.74. The number of hydrogen-bond donors (Lipinski definition) is 1. The molecule has 0 amide bonds. The van der Waals surface area contributed by atoms with Crippen LogP contribution >= 0.6 is 0 Å². The normalized spacial score (nSPS) is 16.9. The number of halogens is 17. The largest absolute Gasteiger partial charge is 0.460 e. The fraction of sp³-hybridized carbons (Fsp3) is 1.00. The summed E-state index contributed by atoms with van der Waals surface area (Å²) in [5, 5.41) is -4.30. The van der Waals surface area contributed by atoms with Gasteiger partial charge in [-0.2, -0.15) is 74.6 Å². The predicted molar refractivity (Wildman–Crippen MR) is 53.8 cm³/mol. The lowest BCUT2D eigenvalue weighted by atomic mass is 9.91. The molecular weight excluding hydrogens is 501 g/mol. The molecule has 0 spiro atoms. The number of rotatable bonds is 7. The highest BCUT2D eigenvalue weighted by atomic mass is 32.2. The monoisotopic (exact) mass is 503 g/mol. The summed E-state index contributed by atoms with van der Waals surface area (Å²) in [7, 11) is -7.39. The third-order valence-electron chi connectivity index (χ3n) is 3.05. The van der Waals surface area contributed by atoms with Crippen LogP contribution in [0.2, 0.25) is 0 Å². The van der Waals surface area contributed by atoms with E-state index in [0.717, 1.165) is 0 Å². The van der Waals surface area contributed by atoms with E-state index in [2.05, 4.69) is 5.14 Å². The molecule has 176 valence electrons. The summed E-state index contributed by atoms with van der Waals surface area (Å²) in [6.45, 7) is 0. The molecule has 0 unspecified atom stereocenters. The smallest absolute Gasteiger partial charge is 0.223 e. The Morgan fingerprint density at radius 2 is 0.621 bits per heavy atom. The maximum absolute atomic E-state index is 13.1. The molecule has 0 aliphatic carbocycles. The van der Waals surface area contributed by atoms with Gasteiger partial charge >= 0.3 is 47.0 Å². The molecule has 0 saturated heterocycles. The maximum atomic E-state index is 13.1. The second-order valence-electron chi connectivity index (χ2n) is 5.01. The number of primary sulfonamides is 1. The molecule has 0 rings (SSSR count). The Bertz CT molecular complexity index is 735. The molecule has 0 aliphatic rings. The molecule has 0 fully saturated rings. The topological polar surface area (TPSA) is 60.2 Å². The third-order valence-corrected chi connectivity index (χ3v) is 4.02. The lowest BCUT2D eigenvalue weighted by Gasteiger charge is -2.42. The third kappa shape index (κ3) is 3.26. The van der Waals surface area contributed by atoms with Crippen molar-refractivity contribution in [2.24, 2.45) is 5.14 Å². The summed E-state index contributed by atoms with van der Waals surface area (Å²) >= 11 is 0. The van der Waals surface area contributed by atoms with Gasteiger partial charge in [-0.25, -0.2) is 13.6 Å². The predicted octanol–water partition coefficient (Wildman–Crippen LogP) is 4.24. The molecule has 0 heterocycles. The molecule has 0 atom stereocenters. The summed E-state index contributed by atoms with van der Waals surface area (Å²) in [6, 6.07) is 0. The first kappa shape index (κ1) is 27.7. The van der Waals surface area contributed by atoms with Gasteiger partial charge < -0.3 is 0 Å². The zero-order valence-electron chi connectivity index (χ0n) is 12.2. The molecule has 0 aromatic heterocycles. The van der Waals surface area contributed by atoms with Crippen molar-refractivity contribution in [3.05, 3.63) is 0 Å². The van der Waals surface area contributed by atoms with E-state index in [-0.39, 0.29) is 0 Å². The molecule has 21 heteroatoms. The molecule has 3 nitrogen and oxygen atoms in total. The molecular formula is C8H2F17NO2S. The van der Waals surface area contributed by atoms with E-state index in [4.69, 9.17) is 0 Å². The van der Waals surface area contributed by atoms with Crippen LogP contribution in [0.3, 0.4) is 0 Å². The summed E-state index contributed by atoms with van der Waals surface area (Å²) in [5.41, 5.74) is 0. The van der Waals surface area contributed by atoms with Gasteiger partial charge in [0, 0.05) is 0 Å². The van der Waals surface area contributed by atoms with Crippen LogP contribution in [0, 0.1) is 0 Å². The van der Waals surface area contributed by atoms with E-state index in [9.17, 15) is 83.1 Å². The highest BCUT2D eigenvalue weighted by molar-refractivity contribution is 7.90. The summed E-state index contributed by atoms with van der Waals surface area (Å²) in [4.78, 5) is 0. The van der Waals surface area contributed by atoms with Gasteiger partial charge in [0.05, 0.1) is 0 Å². The Kier molecular flexibility index (Phi) is 6.08. The average molecular weight is 503 g/mol. The molecule has 0 aromatic carbocycles. The van der Waals surface area contributed by atoms with Gasteiger partial charge in [0.15, 0.2) is 0 Å². The van der Waals surface area contributed by atoms with E-state index >= 15 is 0 Å². The van der Waals surface area contributed by atoms with Gasteiger partial charge in [-0.1, -0.05) is 0 Å². The Morgan fingerprint density at radius 3 is 0.828 bits per heavy atom. The van der Waals surface area contributed by atoms with E-state index in [1.165, 1.54) is 0 Å². The molecule has 0 bridgehead atoms. The Hall–Kier alpha value is -1.28. The lowest BCUT2D eigenvalue weighted by Crippen LogP contribution is -2.75. The standard InChI is InChI=1S/C8H2F17NO2S/c9-1(10,3(13,14)5(17,18)7(21,22)23)2(11,12)4(15,16)6(19,20)8(24,25)29(26,27)28/h(H2,26,27,28)/i27+2,28+2. The van der Waals surface area contributed by atoms with Crippen molar-refractivity contribution in [3.63, 3.8) is 0 Å². The van der Waals surface area contributed by atoms with Crippen LogP contribution in [0.15, 0.2) is 0 Å². The lowest BCUT2D eigenvalue weighted by molar-refractivity contribution is -0.458. The van der Waals surface area contributed by atoms with Gasteiger partial charge in [0.25, 0.3) is 10.0 Å². The van der Waals surface area contributed by atoms with Crippen molar-refractivity contribution in [1.29, 1.82) is 0 Å². The van der Waals surface area contributed by atoms with Gasteiger partial charge in [-0.15, -0.1) is 0 Å². The minimum atomic E-state index is -8.84. The van der Waals surface area contributed by atoms with Gasteiger partial charge in [-0.05, 0) is 0 Å². The Balaban J connectivity index is 6.90. The van der Waals surface area contributed by atoms with E-state index in [0.29, 0.717) is 0 Å². The SMILES string of the molecule is NS(=[18O])(=[18O])C(F)(F)C(F)(F)C(F)(F)C(F)(F)C(F)(F)C(F)(F)C(F)(F)C(F)(F)F. The molecule has 29 heavy (non-hydrogen) atoms. The van der Waals surface area contributed by atoms with Crippen LogP contribution in [0.4, 0.5) is 74.6 Å². The fourth-order valence-corrected chi connectivity index (χ4v) is 1.81. The van der Waals surface area contributed by atoms with Crippen molar-refractivity contribution >= 4 is 10.0 Å². The molecule has 0 radical (unpaired) electrons. The number of nitrogens with two attached hydrogens (primary N) is 1. The van der Waals surface area contributed by atoms with Gasteiger partial charge in [-0.3, -0.25) is 0 Å². The second kappa shape index (κ2) is 6.36. The summed E-state index contributed by atoms with van der Waals surface area (Å²) in [5.74, 6) is -51.6. The van der Waals surface area contributed by atoms with Crippen molar-refractivity contribution in [1.82, 2.24) is 0 Å². The molecule has 2 N–H and O–H groups in total. The molecule has 0 aliphatic heterocycles. The van der Waals surface area contributed by atoms with Crippen LogP contribution < -0.4 is 5.14 Å². The van der Waals surface area contributed by atoms with Crippen LogP contribution in [0.1, 0.15) is 0 Å². The first-order valence-corrected chi connectivity index (χ1v) is 7.28. The summed E-state index contributed by atoms with van der Waals surface area (Å²) in [6.07, 6.45) is -7.86. The Labute approximate surface area is 146 Å². The highest BCUT2D eigenvalue weighted by Gasteiger charge is 2.96. The quantitative estimate of drug-likeness (QED) is 0.418. The van der Waals surface area contributed by atoms with E-state index < -0.39 is 57.0 Å². The minimum Gasteiger partial charge on any atom is -0.223 e. The van der Waals surface area contributed by atoms with Crippen LogP contribution in [-0.4, -0.2) is 55.4 Å². The van der Waals surface area contributed by atoms with E-state index in [1.54, 1.807) is 0 Å². The zero-order chi connectivity index (χ0) is 24.5. The van der Waals surface area contributed by atoms with Crippen LogP contribution in [-0.2, 0) is 10.0 Å². The van der Waals surface area contributed by atoms with Crippen LogP contribution in [0.25, 0.3) is 0 Å². The number of sulfonamides is 1. The number of alkyl halides is 17. The first-order chi connectivity index (χ1) is 12.0. The molecule has 0 saturated carbocycles. The van der Waals surface area contributed by atoms with E-state index in [1.807, 2.05) is 0 Å². The summed E-state index contributed by atoms with van der Waals surface area (Å²) < 4.78 is 236. The molecule has 0 aromatic rings. The minimum absolute atomic E-state index is 3.32. The van der Waals surface area contributed by atoms with Gasteiger partial charge in [0.2, 0.25) is 0 Å². The fourth-order valence-electron chi connectivity index (χ4n) is 1.33. The average Bonchev–Trinajstić information content (AvgIpc) is 2.43. The Morgan fingerprint density at radius 1 is 0.414 bits per heavy atom. The van der Waals surface area contributed by atoms with Crippen molar-refractivity contribution in [2.75, 3.05) is 0 Å². The zero-order valence-corrected chi connectivity index (χ0v) is 13.0.